The number of aromatic nitrogens is 1. The van der Waals surface area contributed by atoms with Gasteiger partial charge in [0.25, 0.3) is 0 Å². The van der Waals surface area contributed by atoms with Gasteiger partial charge in [0.1, 0.15) is 11.8 Å². The molecule has 2 rings (SSSR count). The molecule has 0 saturated heterocycles. The van der Waals surface area contributed by atoms with Crippen molar-refractivity contribution in [3.63, 3.8) is 0 Å². The molecule has 2 aromatic rings. The van der Waals surface area contributed by atoms with E-state index in [4.69, 9.17) is 11.5 Å². The highest BCUT2D eigenvalue weighted by Gasteiger charge is 2.28. The molecular weight excluding hydrogens is 368 g/mol. The number of pyridine rings is 1. The third kappa shape index (κ3) is 6.02. The number of carbonyl (C=O) groups excluding carboxylic acids is 2. The molecule has 0 aliphatic rings. The fraction of sp³-hybridized carbons (Fsp3) is 0.409. The Hall–Kier alpha value is -2.93. The number of hydrogen-bond donors (Lipinski definition) is 3. The molecule has 1 aromatic carbocycles. The normalized spacial score (nSPS) is 13.0. The molecule has 1 aromatic heterocycles. The van der Waals surface area contributed by atoms with Crippen molar-refractivity contribution in [2.24, 2.45) is 11.5 Å². The molecule has 156 valence electrons. The average Bonchev–Trinajstić information content (AvgIpc) is 2.67. The number of amides is 2. The molecule has 1 heterocycles. The second-order valence-electron chi connectivity index (χ2n) is 7.44. The van der Waals surface area contributed by atoms with Crippen molar-refractivity contribution in [1.29, 1.82) is 0 Å². The van der Waals surface area contributed by atoms with Crippen molar-refractivity contribution in [2.75, 3.05) is 6.54 Å². The lowest BCUT2D eigenvalue weighted by Gasteiger charge is -2.30. The number of rotatable bonds is 9. The van der Waals surface area contributed by atoms with E-state index >= 15 is 0 Å². The molecule has 0 unspecified atom stereocenters. The van der Waals surface area contributed by atoms with Gasteiger partial charge in [0, 0.05) is 18.9 Å². The van der Waals surface area contributed by atoms with E-state index in [0.717, 1.165) is 28.7 Å². The summed E-state index contributed by atoms with van der Waals surface area (Å²) in [4.78, 5) is 30.4. The van der Waals surface area contributed by atoms with Gasteiger partial charge in [-0.05, 0) is 80.5 Å². The summed E-state index contributed by atoms with van der Waals surface area (Å²) in [6.07, 6.45) is 5.21. The van der Waals surface area contributed by atoms with E-state index in [-0.39, 0.29) is 11.7 Å². The van der Waals surface area contributed by atoms with Crippen molar-refractivity contribution >= 4 is 11.8 Å². The summed E-state index contributed by atoms with van der Waals surface area (Å²) in [5.41, 5.74) is 15.4. The summed E-state index contributed by atoms with van der Waals surface area (Å²) in [5.74, 6) is -0.693. The zero-order chi connectivity index (χ0) is 21.6. The maximum Gasteiger partial charge on any atom is 0.240 e. The zero-order valence-corrected chi connectivity index (χ0v) is 17.3. The van der Waals surface area contributed by atoms with Gasteiger partial charge in [-0.3, -0.25) is 14.6 Å². The number of nitrogens with two attached hydrogens (primary N) is 2. The minimum Gasteiger partial charge on any atom is -0.508 e. The third-order valence-electron chi connectivity index (χ3n) is 5.17. The number of aromatic hydroxyl groups is 1. The summed E-state index contributed by atoms with van der Waals surface area (Å²) >= 11 is 0. The first-order chi connectivity index (χ1) is 13.7. The highest BCUT2D eigenvalue weighted by atomic mass is 16.3. The molecule has 7 heteroatoms. The second-order valence-corrected chi connectivity index (χ2v) is 7.44. The van der Waals surface area contributed by atoms with E-state index in [9.17, 15) is 14.7 Å². The van der Waals surface area contributed by atoms with Crippen LogP contribution in [0, 0.1) is 13.8 Å². The quantitative estimate of drug-likeness (QED) is 0.592. The van der Waals surface area contributed by atoms with Gasteiger partial charge < -0.3 is 21.5 Å². The van der Waals surface area contributed by atoms with E-state index in [2.05, 4.69) is 4.98 Å². The first kappa shape index (κ1) is 22.4. The van der Waals surface area contributed by atoms with E-state index < -0.39 is 18.0 Å². The molecule has 2 amide bonds. The number of carbonyl (C=O) groups is 2. The number of aryl methyl sites for hydroxylation is 3. The molecule has 7 nitrogen and oxygen atoms in total. The number of hydrogen-bond acceptors (Lipinski definition) is 5. The second kappa shape index (κ2) is 10.0. The van der Waals surface area contributed by atoms with Gasteiger partial charge in [-0.25, -0.2) is 0 Å². The Morgan fingerprint density at radius 2 is 1.90 bits per heavy atom. The van der Waals surface area contributed by atoms with Crippen LogP contribution in [0.1, 0.15) is 35.6 Å². The smallest absolute Gasteiger partial charge is 0.240 e. The number of primary amides is 1. The molecule has 0 aliphatic heterocycles. The van der Waals surface area contributed by atoms with Crippen LogP contribution >= 0.6 is 0 Å². The van der Waals surface area contributed by atoms with Crippen molar-refractivity contribution in [3.8, 4) is 5.75 Å². The molecule has 29 heavy (non-hydrogen) atoms. The predicted octanol–water partition coefficient (Wildman–Crippen LogP) is 1.61. The van der Waals surface area contributed by atoms with Crippen LogP contribution in [0.5, 0.6) is 5.75 Å². The molecule has 0 aliphatic carbocycles. The molecule has 0 spiro atoms. The summed E-state index contributed by atoms with van der Waals surface area (Å²) in [5, 5.41) is 9.71. The molecule has 0 radical (unpaired) electrons. The van der Waals surface area contributed by atoms with Crippen LogP contribution in [-0.2, 0) is 22.4 Å². The topological polar surface area (TPSA) is 123 Å². The number of nitrogens with zero attached hydrogens (tertiary/aromatic N) is 2. The number of phenolic OH excluding ortho intramolecular Hbond substituents is 1. The molecule has 2 atom stereocenters. The first-order valence-electron chi connectivity index (χ1n) is 9.74. The lowest BCUT2D eigenvalue weighted by molar-refractivity contribution is -0.139. The van der Waals surface area contributed by atoms with Crippen molar-refractivity contribution in [3.05, 3.63) is 58.9 Å². The number of benzene rings is 1. The van der Waals surface area contributed by atoms with E-state index in [0.29, 0.717) is 19.4 Å². The van der Waals surface area contributed by atoms with Gasteiger partial charge in [-0.2, -0.15) is 0 Å². The predicted molar refractivity (Wildman–Crippen MR) is 112 cm³/mol. The molecule has 0 fully saturated rings. The minimum absolute atomic E-state index is 0.183. The van der Waals surface area contributed by atoms with Crippen LogP contribution < -0.4 is 11.5 Å². The van der Waals surface area contributed by atoms with Crippen LogP contribution in [0.25, 0.3) is 0 Å². The highest BCUT2D eigenvalue weighted by molar-refractivity contribution is 5.89. The maximum absolute atomic E-state index is 13.1. The fourth-order valence-electron chi connectivity index (χ4n) is 3.46. The van der Waals surface area contributed by atoms with Crippen molar-refractivity contribution in [2.45, 2.75) is 52.1 Å². The van der Waals surface area contributed by atoms with Crippen molar-refractivity contribution < 1.29 is 14.7 Å². The fourth-order valence-corrected chi connectivity index (χ4v) is 3.46. The first-order valence-corrected chi connectivity index (χ1v) is 9.74. The van der Waals surface area contributed by atoms with E-state index in [1.165, 1.54) is 4.90 Å². The Kier molecular flexibility index (Phi) is 7.73. The van der Waals surface area contributed by atoms with Gasteiger partial charge in [0.2, 0.25) is 11.8 Å². The van der Waals surface area contributed by atoms with Gasteiger partial charge >= 0.3 is 0 Å². The highest BCUT2D eigenvalue weighted by Crippen LogP contribution is 2.22. The summed E-state index contributed by atoms with van der Waals surface area (Å²) in [6.45, 7) is 5.74. The Morgan fingerprint density at radius 3 is 2.45 bits per heavy atom. The Labute approximate surface area is 171 Å². The standard InChI is InChI=1S/C22H30N4O3/c1-14-10-18(27)11-15(2)19(14)12-20(23)22(29)26(16(3)21(24)28)9-5-7-17-6-4-8-25-13-17/h4,6,8,10-11,13,16,20,27H,5,7,9,12,23H2,1-3H3,(H2,24,28)/t16-,20+/m1/s1. The Balaban J connectivity index is 2.10. The van der Waals surface area contributed by atoms with Gasteiger partial charge in [0.05, 0.1) is 6.04 Å². The molecule has 0 bridgehead atoms. The SMILES string of the molecule is Cc1cc(O)cc(C)c1C[C@H](N)C(=O)N(CCCc1cccnc1)[C@H](C)C(N)=O. The Bertz CT molecular complexity index is 831. The van der Waals surface area contributed by atoms with E-state index in [1.54, 1.807) is 31.5 Å². The zero-order valence-electron chi connectivity index (χ0n) is 17.3. The van der Waals surface area contributed by atoms with Gasteiger partial charge in [0.15, 0.2) is 0 Å². The lowest BCUT2D eigenvalue weighted by Crippen LogP contribution is -2.53. The van der Waals surface area contributed by atoms with E-state index in [1.807, 2.05) is 26.0 Å². The third-order valence-corrected chi connectivity index (χ3v) is 5.17. The van der Waals surface area contributed by atoms with Crippen LogP contribution in [-0.4, -0.2) is 45.4 Å². The lowest BCUT2D eigenvalue weighted by atomic mass is 9.95. The molecular formula is C22H30N4O3. The summed E-state index contributed by atoms with van der Waals surface area (Å²) in [7, 11) is 0. The van der Waals surface area contributed by atoms with Crippen LogP contribution in [0.4, 0.5) is 0 Å². The monoisotopic (exact) mass is 398 g/mol. The van der Waals surface area contributed by atoms with Gasteiger partial charge in [-0.1, -0.05) is 6.07 Å². The van der Waals surface area contributed by atoms with Gasteiger partial charge in [-0.15, -0.1) is 0 Å². The maximum atomic E-state index is 13.1. The average molecular weight is 399 g/mol. The van der Waals surface area contributed by atoms with Crippen LogP contribution in [0.15, 0.2) is 36.7 Å². The minimum atomic E-state index is -0.808. The molecule has 0 saturated carbocycles. The van der Waals surface area contributed by atoms with Crippen molar-refractivity contribution in [1.82, 2.24) is 9.88 Å². The largest absolute Gasteiger partial charge is 0.508 e. The number of phenols is 1. The summed E-state index contributed by atoms with van der Waals surface area (Å²) in [6, 6.07) is 5.58. The Morgan fingerprint density at radius 1 is 1.24 bits per heavy atom. The van der Waals surface area contributed by atoms with Crippen LogP contribution in [0.2, 0.25) is 0 Å². The molecule has 5 N–H and O–H groups in total. The van der Waals surface area contributed by atoms with Crippen LogP contribution in [0.3, 0.4) is 0 Å². The summed E-state index contributed by atoms with van der Waals surface area (Å²) < 4.78 is 0.